The quantitative estimate of drug-likeness (QED) is 0.767. The molecule has 0 bridgehead atoms. The van der Waals surface area contributed by atoms with Gasteiger partial charge in [-0.15, -0.1) is 0 Å². The van der Waals surface area contributed by atoms with E-state index in [1.165, 1.54) is 17.7 Å². The van der Waals surface area contributed by atoms with Crippen molar-refractivity contribution in [3.8, 4) is 0 Å². The number of esters is 1. The Bertz CT molecular complexity index is 784. The second-order valence-corrected chi connectivity index (χ2v) is 8.58. The van der Waals surface area contributed by atoms with Crippen LogP contribution in [0.3, 0.4) is 0 Å². The molecule has 1 aromatic carbocycles. The molecule has 2 heterocycles. The maximum absolute atomic E-state index is 12.9. The van der Waals surface area contributed by atoms with Crippen molar-refractivity contribution in [2.24, 2.45) is 11.8 Å². The number of ether oxygens (including phenoxy) is 2. The van der Waals surface area contributed by atoms with Crippen molar-refractivity contribution < 1.29 is 22.7 Å². The van der Waals surface area contributed by atoms with Gasteiger partial charge in [0.1, 0.15) is 0 Å². The van der Waals surface area contributed by atoms with E-state index in [9.17, 15) is 13.2 Å². The lowest BCUT2D eigenvalue weighted by Crippen LogP contribution is -2.50. The van der Waals surface area contributed by atoms with E-state index < -0.39 is 16.0 Å². The number of nitrogens with zero attached hydrogens (tertiary/aromatic N) is 1. The van der Waals surface area contributed by atoms with Gasteiger partial charge in [-0.2, -0.15) is 4.31 Å². The minimum absolute atomic E-state index is 0.0410. The minimum atomic E-state index is -3.55. The molecular weight excluding hydrogens is 342 g/mol. The average Bonchev–Trinajstić information content (AvgIpc) is 2.61. The van der Waals surface area contributed by atoms with Crippen LogP contribution in [0, 0.1) is 18.8 Å². The van der Waals surface area contributed by atoms with Crippen molar-refractivity contribution in [3.05, 3.63) is 41.7 Å². The van der Waals surface area contributed by atoms with E-state index >= 15 is 0 Å². The highest BCUT2D eigenvalue weighted by Gasteiger charge is 2.44. The van der Waals surface area contributed by atoms with Crippen LogP contribution in [0.4, 0.5) is 0 Å². The smallest absolute Gasteiger partial charge is 0.337 e. The molecule has 0 amide bonds. The highest BCUT2D eigenvalue weighted by molar-refractivity contribution is 7.89. The first kappa shape index (κ1) is 17.9. The van der Waals surface area contributed by atoms with Crippen molar-refractivity contribution in [3.63, 3.8) is 0 Å². The molecule has 0 saturated carbocycles. The zero-order valence-corrected chi connectivity index (χ0v) is 15.5. The topological polar surface area (TPSA) is 72.9 Å². The van der Waals surface area contributed by atoms with Gasteiger partial charge in [-0.05, 0) is 32.4 Å². The third kappa shape index (κ3) is 3.30. The predicted molar refractivity (Wildman–Crippen MR) is 92.2 cm³/mol. The summed E-state index contributed by atoms with van der Waals surface area (Å²) in [5.74, 6) is -0.523. The van der Waals surface area contributed by atoms with Crippen molar-refractivity contribution in [2.45, 2.75) is 31.3 Å². The highest BCUT2D eigenvalue weighted by Crippen LogP contribution is 2.38. The van der Waals surface area contributed by atoms with E-state index in [-0.39, 0.29) is 17.9 Å². The molecule has 1 saturated heterocycles. The van der Waals surface area contributed by atoms with Gasteiger partial charge in [0.2, 0.25) is 10.0 Å². The molecule has 136 valence electrons. The number of rotatable bonds is 3. The molecule has 2 aliphatic heterocycles. The fourth-order valence-electron chi connectivity index (χ4n) is 3.58. The lowest BCUT2D eigenvalue weighted by atomic mass is 9.77. The Morgan fingerprint density at radius 1 is 1.28 bits per heavy atom. The largest absolute Gasteiger partial charge is 0.497 e. The number of fused-ring (bicyclic) bond motifs is 1. The minimum Gasteiger partial charge on any atom is -0.497 e. The van der Waals surface area contributed by atoms with E-state index in [1.54, 1.807) is 24.3 Å². The molecule has 0 aromatic heterocycles. The van der Waals surface area contributed by atoms with Gasteiger partial charge < -0.3 is 9.47 Å². The highest BCUT2D eigenvalue weighted by atomic mass is 32.2. The Morgan fingerprint density at radius 2 is 1.96 bits per heavy atom. The van der Waals surface area contributed by atoms with Gasteiger partial charge in [-0.25, -0.2) is 13.2 Å². The van der Waals surface area contributed by atoms with Crippen LogP contribution in [0.1, 0.15) is 18.9 Å². The zero-order chi connectivity index (χ0) is 18.2. The van der Waals surface area contributed by atoms with Gasteiger partial charge in [0.15, 0.2) is 0 Å². The van der Waals surface area contributed by atoms with E-state index in [4.69, 9.17) is 9.47 Å². The van der Waals surface area contributed by atoms with Gasteiger partial charge in [0, 0.05) is 24.9 Å². The Morgan fingerprint density at radius 3 is 2.60 bits per heavy atom. The first-order valence-electron chi connectivity index (χ1n) is 8.35. The van der Waals surface area contributed by atoms with Crippen LogP contribution in [-0.2, 0) is 24.3 Å². The molecule has 2 aliphatic rings. The summed E-state index contributed by atoms with van der Waals surface area (Å²) in [6.07, 6.45) is 1.89. The number of aryl methyl sites for hydroxylation is 1. The number of methoxy groups -OCH3 is 1. The number of carbonyl (C=O) groups is 1. The number of sulfonamides is 1. The summed E-state index contributed by atoms with van der Waals surface area (Å²) in [6.45, 7) is 4.53. The van der Waals surface area contributed by atoms with E-state index in [2.05, 4.69) is 0 Å². The Balaban J connectivity index is 1.84. The molecule has 3 atom stereocenters. The van der Waals surface area contributed by atoms with Crippen LogP contribution in [-0.4, -0.2) is 45.0 Å². The van der Waals surface area contributed by atoms with Crippen LogP contribution in [0.5, 0.6) is 0 Å². The number of piperidine rings is 1. The lowest BCUT2D eigenvalue weighted by molar-refractivity contribution is -0.138. The van der Waals surface area contributed by atoms with E-state index in [0.717, 1.165) is 5.56 Å². The summed E-state index contributed by atoms with van der Waals surface area (Å²) in [6, 6.07) is 6.86. The zero-order valence-electron chi connectivity index (χ0n) is 14.6. The van der Waals surface area contributed by atoms with Gasteiger partial charge >= 0.3 is 5.97 Å². The normalized spacial score (nSPS) is 27.0. The Hall–Kier alpha value is -1.86. The van der Waals surface area contributed by atoms with Crippen LogP contribution < -0.4 is 0 Å². The molecular formula is C18H23NO5S. The molecule has 0 radical (unpaired) electrons. The molecule has 0 N–H and O–H groups in total. The van der Waals surface area contributed by atoms with E-state index in [1.807, 2.05) is 13.8 Å². The maximum atomic E-state index is 12.9. The molecule has 3 rings (SSSR count). The number of hydrogen-bond donors (Lipinski definition) is 0. The van der Waals surface area contributed by atoms with Gasteiger partial charge in [-0.1, -0.05) is 17.7 Å². The van der Waals surface area contributed by atoms with Crippen LogP contribution >= 0.6 is 0 Å². The van der Waals surface area contributed by atoms with Crippen LogP contribution in [0.25, 0.3) is 0 Å². The monoisotopic (exact) mass is 365 g/mol. The van der Waals surface area contributed by atoms with Crippen LogP contribution in [0.15, 0.2) is 41.0 Å². The van der Waals surface area contributed by atoms with E-state index in [0.29, 0.717) is 30.0 Å². The van der Waals surface area contributed by atoms with Gasteiger partial charge in [0.25, 0.3) is 0 Å². The second-order valence-electron chi connectivity index (χ2n) is 6.64. The third-order valence-corrected chi connectivity index (χ3v) is 6.99. The standard InChI is InChI=1S/C18H23NO5S/c1-12-4-6-14(7-5-12)25(21,22)19-9-8-15-16(10-19)13(2)24-11-17(15)18(20)23-3/h4-7,11,13,15-16H,8-10H2,1-3H3/t13?,15-,16?/m0/s1. The van der Waals surface area contributed by atoms with Crippen molar-refractivity contribution >= 4 is 16.0 Å². The second kappa shape index (κ2) is 6.80. The number of hydrogen-bond acceptors (Lipinski definition) is 5. The molecule has 1 fully saturated rings. The first-order chi connectivity index (χ1) is 11.8. The summed E-state index contributed by atoms with van der Waals surface area (Å²) in [5.41, 5.74) is 1.51. The van der Waals surface area contributed by atoms with Gasteiger partial charge in [-0.3, -0.25) is 0 Å². The Kier molecular flexibility index (Phi) is 4.88. The molecule has 6 nitrogen and oxygen atoms in total. The molecule has 0 aliphatic carbocycles. The average molecular weight is 365 g/mol. The van der Waals surface area contributed by atoms with Crippen molar-refractivity contribution in [2.75, 3.05) is 20.2 Å². The Labute approximate surface area is 148 Å². The maximum Gasteiger partial charge on any atom is 0.337 e. The summed E-state index contributed by atoms with van der Waals surface area (Å²) >= 11 is 0. The third-order valence-electron chi connectivity index (χ3n) is 5.11. The summed E-state index contributed by atoms with van der Waals surface area (Å²) in [7, 11) is -2.21. The fraction of sp³-hybridized carbons (Fsp3) is 0.500. The molecule has 2 unspecified atom stereocenters. The predicted octanol–water partition coefficient (Wildman–Crippen LogP) is 2.10. The van der Waals surface area contributed by atoms with Gasteiger partial charge in [0.05, 0.1) is 29.9 Å². The van der Waals surface area contributed by atoms with Crippen LogP contribution in [0.2, 0.25) is 0 Å². The summed E-state index contributed by atoms with van der Waals surface area (Å²) in [4.78, 5) is 12.3. The SMILES string of the molecule is COC(=O)C1=COC(C)C2CN(S(=O)(=O)c3ccc(C)cc3)CC[C@H]12. The molecule has 7 heteroatoms. The van der Waals surface area contributed by atoms with Crippen molar-refractivity contribution in [1.82, 2.24) is 4.31 Å². The molecule has 25 heavy (non-hydrogen) atoms. The lowest BCUT2D eigenvalue weighted by Gasteiger charge is -2.42. The number of benzene rings is 1. The molecule has 0 spiro atoms. The summed E-state index contributed by atoms with van der Waals surface area (Å²) < 4.78 is 37.8. The molecule has 1 aromatic rings. The fourth-order valence-corrected chi connectivity index (χ4v) is 5.07. The first-order valence-corrected chi connectivity index (χ1v) is 9.79. The summed E-state index contributed by atoms with van der Waals surface area (Å²) in [5, 5.41) is 0. The van der Waals surface area contributed by atoms with Crippen molar-refractivity contribution in [1.29, 1.82) is 0 Å². The number of carbonyl (C=O) groups excluding carboxylic acids is 1.